The van der Waals surface area contributed by atoms with Gasteiger partial charge in [-0.25, -0.2) is 4.52 Å². The summed E-state index contributed by atoms with van der Waals surface area (Å²) in [5.41, 5.74) is 5.12. The molecule has 2 aromatic carbocycles. The third kappa shape index (κ3) is 3.67. The maximum absolute atomic E-state index is 12.9. The van der Waals surface area contributed by atoms with Gasteiger partial charge in [0.05, 0.1) is 25.5 Å². The topological polar surface area (TPSA) is 68.8 Å². The summed E-state index contributed by atoms with van der Waals surface area (Å²) in [6.07, 6.45) is 2.59. The summed E-state index contributed by atoms with van der Waals surface area (Å²) < 4.78 is 8.24. The van der Waals surface area contributed by atoms with E-state index >= 15 is 0 Å². The van der Waals surface area contributed by atoms with Gasteiger partial charge in [-0.15, -0.1) is 0 Å². The number of hydrogen-bond donors (Lipinski definition) is 1. The number of ether oxygens (including phenoxy) is 1. The zero-order valence-electron chi connectivity index (χ0n) is 16.7. The highest BCUT2D eigenvalue weighted by atomic mass is 16.5. The van der Waals surface area contributed by atoms with E-state index in [-0.39, 0.29) is 12.1 Å². The molecule has 4 rings (SSSR count). The van der Waals surface area contributed by atoms with Crippen molar-refractivity contribution in [1.82, 2.24) is 14.2 Å². The van der Waals surface area contributed by atoms with Crippen LogP contribution >= 0.6 is 0 Å². The average molecular weight is 389 g/mol. The van der Waals surface area contributed by atoms with Gasteiger partial charge in [0.1, 0.15) is 11.3 Å². The third-order valence-corrected chi connectivity index (χ3v) is 5.28. The fourth-order valence-corrected chi connectivity index (χ4v) is 3.33. The molecule has 0 aliphatic rings. The number of aliphatic hydroxyl groups is 1. The molecule has 6 nitrogen and oxygen atoms in total. The van der Waals surface area contributed by atoms with Crippen LogP contribution in [0.25, 0.3) is 16.8 Å². The van der Waals surface area contributed by atoms with Crippen LogP contribution < -0.4 is 10.3 Å². The highest BCUT2D eigenvalue weighted by Crippen LogP contribution is 2.22. The van der Waals surface area contributed by atoms with Gasteiger partial charge in [0.15, 0.2) is 0 Å². The molecule has 0 aliphatic carbocycles. The minimum absolute atomic E-state index is 0.159. The maximum atomic E-state index is 12.9. The van der Waals surface area contributed by atoms with Crippen molar-refractivity contribution in [1.29, 1.82) is 0 Å². The molecule has 0 amide bonds. The van der Waals surface area contributed by atoms with Crippen LogP contribution in [-0.2, 0) is 6.54 Å². The van der Waals surface area contributed by atoms with Gasteiger partial charge in [-0.1, -0.05) is 24.3 Å². The van der Waals surface area contributed by atoms with E-state index in [0.717, 1.165) is 22.6 Å². The Morgan fingerprint density at radius 2 is 1.79 bits per heavy atom. The molecule has 6 heteroatoms. The van der Waals surface area contributed by atoms with Gasteiger partial charge in [0, 0.05) is 18.0 Å². The van der Waals surface area contributed by atoms with Crippen LogP contribution in [0.4, 0.5) is 0 Å². The summed E-state index contributed by atoms with van der Waals surface area (Å²) in [6, 6.07) is 15.1. The van der Waals surface area contributed by atoms with Crippen molar-refractivity contribution in [3.63, 3.8) is 0 Å². The van der Waals surface area contributed by atoms with E-state index in [1.54, 1.807) is 54.4 Å². The van der Waals surface area contributed by atoms with Gasteiger partial charge in [0.25, 0.3) is 5.56 Å². The van der Waals surface area contributed by atoms with E-state index in [1.807, 2.05) is 6.07 Å². The van der Waals surface area contributed by atoms with Gasteiger partial charge in [-0.3, -0.25) is 4.79 Å². The predicted molar refractivity (Wildman–Crippen MR) is 112 cm³/mol. The van der Waals surface area contributed by atoms with Crippen LogP contribution in [0.2, 0.25) is 0 Å². The lowest BCUT2D eigenvalue weighted by Crippen LogP contribution is -2.24. The Morgan fingerprint density at radius 3 is 2.48 bits per heavy atom. The van der Waals surface area contributed by atoms with Gasteiger partial charge in [-0.2, -0.15) is 5.10 Å². The molecule has 0 unspecified atom stereocenters. The first-order chi connectivity index (χ1) is 14.0. The molecule has 29 heavy (non-hydrogen) atoms. The van der Waals surface area contributed by atoms with Crippen molar-refractivity contribution in [2.75, 3.05) is 7.11 Å². The van der Waals surface area contributed by atoms with Crippen LogP contribution in [0.1, 0.15) is 22.8 Å². The van der Waals surface area contributed by atoms with Crippen molar-refractivity contribution in [2.45, 2.75) is 26.5 Å². The predicted octanol–water partition coefficient (Wildman–Crippen LogP) is 3.52. The zero-order valence-corrected chi connectivity index (χ0v) is 16.7. The van der Waals surface area contributed by atoms with E-state index in [9.17, 15) is 9.90 Å². The largest absolute Gasteiger partial charge is 0.497 e. The molecule has 1 N–H and O–H groups in total. The fraction of sp³-hybridized carbons (Fsp3) is 0.217. The molecule has 1 atom stereocenters. The monoisotopic (exact) mass is 389 g/mol. The number of rotatable bonds is 5. The Hall–Kier alpha value is -3.38. The lowest BCUT2D eigenvalue weighted by atomic mass is 10.0. The van der Waals surface area contributed by atoms with Crippen molar-refractivity contribution in [3.8, 4) is 17.0 Å². The van der Waals surface area contributed by atoms with E-state index in [2.05, 4.69) is 31.1 Å². The number of aliphatic hydroxyl groups excluding tert-OH is 1. The van der Waals surface area contributed by atoms with Crippen molar-refractivity contribution in [3.05, 3.63) is 88.0 Å². The Bertz CT molecular complexity index is 1220. The second-order valence-electron chi connectivity index (χ2n) is 7.20. The quantitative estimate of drug-likeness (QED) is 0.567. The number of nitrogens with zero attached hydrogens (tertiary/aromatic N) is 3. The van der Waals surface area contributed by atoms with E-state index < -0.39 is 6.10 Å². The van der Waals surface area contributed by atoms with Gasteiger partial charge >= 0.3 is 0 Å². The van der Waals surface area contributed by atoms with Gasteiger partial charge in [-0.05, 0) is 54.8 Å². The van der Waals surface area contributed by atoms with Crippen LogP contribution in [0.15, 0.2) is 65.7 Å². The lowest BCUT2D eigenvalue weighted by molar-refractivity contribution is 0.155. The van der Waals surface area contributed by atoms with Crippen molar-refractivity contribution < 1.29 is 9.84 Å². The summed E-state index contributed by atoms with van der Waals surface area (Å²) in [4.78, 5) is 12.9. The highest BCUT2D eigenvalue weighted by Gasteiger charge is 2.13. The smallest absolute Gasteiger partial charge is 0.276 e. The van der Waals surface area contributed by atoms with Gasteiger partial charge < -0.3 is 14.4 Å². The normalized spacial score (nSPS) is 12.3. The summed E-state index contributed by atoms with van der Waals surface area (Å²) in [6.45, 7) is 4.28. The molecule has 148 valence electrons. The van der Waals surface area contributed by atoms with Crippen LogP contribution in [0.5, 0.6) is 5.75 Å². The number of methoxy groups -OCH3 is 1. The van der Waals surface area contributed by atoms with Crippen LogP contribution in [0.3, 0.4) is 0 Å². The molecule has 0 bridgehead atoms. The average Bonchev–Trinajstić information content (AvgIpc) is 3.17. The van der Waals surface area contributed by atoms with Crippen LogP contribution in [0, 0.1) is 13.8 Å². The zero-order chi connectivity index (χ0) is 20.5. The second kappa shape index (κ2) is 7.56. The van der Waals surface area contributed by atoms with E-state index in [4.69, 9.17) is 4.74 Å². The summed E-state index contributed by atoms with van der Waals surface area (Å²) in [5.74, 6) is 0.720. The molecule has 4 aromatic rings. The lowest BCUT2D eigenvalue weighted by Gasteiger charge is -2.13. The third-order valence-electron chi connectivity index (χ3n) is 5.28. The minimum Gasteiger partial charge on any atom is -0.497 e. The molecular formula is C23H23N3O3. The molecule has 0 fully saturated rings. The molecule has 2 heterocycles. The molecule has 2 aromatic heterocycles. The Morgan fingerprint density at radius 1 is 1.03 bits per heavy atom. The van der Waals surface area contributed by atoms with Crippen molar-refractivity contribution in [2.24, 2.45) is 0 Å². The summed E-state index contributed by atoms with van der Waals surface area (Å²) in [7, 11) is 1.60. The number of hydrogen-bond acceptors (Lipinski definition) is 4. The number of fused-ring (bicyclic) bond motifs is 1. The Kier molecular flexibility index (Phi) is 4.94. The summed E-state index contributed by atoms with van der Waals surface area (Å²) in [5, 5.41) is 15.1. The fourth-order valence-electron chi connectivity index (χ4n) is 3.33. The second-order valence-corrected chi connectivity index (χ2v) is 7.20. The maximum Gasteiger partial charge on any atom is 0.276 e. The van der Waals surface area contributed by atoms with Crippen LogP contribution in [-0.4, -0.2) is 26.4 Å². The SMILES string of the molecule is COc1ccc([C@H](O)Cn2ccn3nc(-c4ccc(C)c(C)c4)cc3c2=O)cc1. The number of benzene rings is 2. The first-order valence-corrected chi connectivity index (χ1v) is 9.45. The first kappa shape index (κ1) is 19.0. The Labute approximate surface area is 168 Å². The molecule has 0 saturated heterocycles. The molecule has 0 spiro atoms. The molecular weight excluding hydrogens is 366 g/mol. The molecule has 0 saturated carbocycles. The minimum atomic E-state index is -0.803. The molecule has 0 aliphatic heterocycles. The van der Waals surface area contributed by atoms with Gasteiger partial charge in [0.2, 0.25) is 0 Å². The standard InChI is InChI=1S/C23H23N3O3/c1-15-4-5-18(12-16(15)2)20-13-21-23(28)25(10-11-26(21)24-20)14-22(27)17-6-8-19(29-3)9-7-17/h4-13,22,27H,14H2,1-3H3/t22-/m1/s1. The number of aromatic nitrogens is 3. The van der Waals surface area contributed by atoms with E-state index in [0.29, 0.717) is 5.52 Å². The van der Waals surface area contributed by atoms with Crippen molar-refractivity contribution >= 4 is 5.52 Å². The first-order valence-electron chi connectivity index (χ1n) is 9.45. The summed E-state index contributed by atoms with van der Waals surface area (Å²) >= 11 is 0. The Balaban J connectivity index is 1.65. The number of aryl methyl sites for hydroxylation is 2. The highest BCUT2D eigenvalue weighted by molar-refractivity contribution is 5.66. The molecule has 0 radical (unpaired) electrons. The van der Waals surface area contributed by atoms with E-state index in [1.165, 1.54) is 15.7 Å².